The van der Waals surface area contributed by atoms with Crippen molar-refractivity contribution < 1.29 is 4.79 Å². The van der Waals surface area contributed by atoms with Crippen LogP contribution in [0.15, 0.2) is 28.7 Å². The first-order valence-electron chi connectivity index (χ1n) is 6.74. The summed E-state index contributed by atoms with van der Waals surface area (Å²) in [6, 6.07) is 7.92. The normalized spacial score (nSPS) is 24.3. The fourth-order valence-electron chi connectivity index (χ4n) is 2.60. The summed E-state index contributed by atoms with van der Waals surface area (Å²) in [4.78, 5) is 12.3. The van der Waals surface area contributed by atoms with E-state index in [0.717, 1.165) is 16.5 Å². The van der Waals surface area contributed by atoms with Gasteiger partial charge in [0.25, 0.3) is 5.91 Å². The molecular formula is C15H20BrNO. The van der Waals surface area contributed by atoms with Gasteiger partial charge in [0.1, 0.15) is 0 Å². The number of nitrogens with one attached hydrogen (secondary N) is 1. The van der Waals surface area contributed by atoms with Gasteiger partial charge in [-0.25, -0.2) is 0 Å². The van der Waals surface area contributed by atoms with Crippen LogP contribution < -0.4 is 5.32 Å². The highest BCUT2D eigenvalue weighted by atomic mass is 79.9. The summed E-state index contributed by atoms with van der Waals surface area (Å²) in [6.45, 7) is 2.25. The lowest BCUT2D eigenvalue weighted by Gasteiger charge is -2.23. The minimum atomic E-state index is 0.0428. The Morgan fingerprint density at radius 3 is 2.72 bits per heavy atom. The lowest BCUT2D eigenvalue weighted by Crippen LogP contribution is -2.38. The van der Waals surface area contributed by atoms with Gasteiger partial charge in [0.2, 0.25) is 0 Å². The molecule has 0 radical (unpaired) electrons. The lowest BCUT2D eigenvalue weighted by atomic mass is 9.96. The molecule has 0 spiro atoms. The first kappa shape index (κ1) is 13.6. The van der Waals surface area contributed by atoms with E-state index in [1.165, 1.54) is 25.7 Å². The van der Waals surface area contributed by atoms with Crippen LogP contribution in [0.2, 0.25) is 0 Å². The topological polar surface area (TPSA) is 29.1 Å². The number of hydrogen-bond donors (Lipinski definition) is 1. The third kappa shape index (κ3) is 3.35. The predicted octanol–water partition coefficient (Wildman–Crippen LogP) is 4.15. The molecule has 3 heteroatoms. The summed E-state index contributed by atoms with van der Waals surface area (Å²) in [7, 11) is 0. The summed E-state index contributed by atoms with van der Waals surface area (Å²) in [5.41, 5.74) is 0.731. The molecule has 0 heterocycles. The number of carbonyl (C=O) groups is 1. The average molecular weight is 310 g/mol. The zero-order valence-electron chi connectivity index (χ0n) is 10.8. The van der Waals surface area contributed by atoms with Crippen molar-refractivity contribution in [3.63, 3.8) is 0 Å². The van der Waals surface area contributed by atoms with E-state index in [2.05, 4.69) is 28.2 Å². The fourth-order valence-corrected chi connectivity index (χ4v) is 3.06. The molecule has 18 heavy (non-hydrogen) atoms. The van der Waals surface area contributed by atoms with Crippen molar-refractivity contribution in [2.24, 2.45) is 5.92 Å². The van der Waals surface area contributed by atoms with Crippen LogP contribution >= 0.6 is 15.9 Å². The van der Waals surface area contributed by atoms with Crippen LogP contribution in [0.3, 0.4) is 0 Å². The molecule has 2 unspecified atom stereocenters. The fraction of sp³-hybridized carbons (Fsp3) is 0.533. The van der Waals surface area contributed by atoms with E-state index in [1.807, 2.05) is 24.3 Å². The van der Waals surface area contributed by atoms with E-state index in [0.29, 0.717) is 12.0 Å². The van der Waals surface area contributed by atoms with Gasteiger partial charge in [0.15, 0.2) is 0 Å². The van der Waals surface area contributed by atoms with Gasteiger partial charge in [0, 0.05) is 10.5 Å². The van der Waals surface area contributed by atoms with E-state index in [-0.39, 0.29) is 5.91 Å². The monoisotopic (exact) mass is 309 g/mol. The molecule has 1 aromatic rings. The van der Waals surface area contributed by atoms with Crippen molar-refractivity contribution >= 4 is 21.8 Å². The minimum Gasteiger partial charge on any atom is -0.349 e. The number of halogens is 1. The molecule has 2 rings (SSSR count). The van der Waals surface area contributed by atoms with Gasteiger partial charge >= 0.3 is 0 Å². The second-order valence-corrected chi connectivity index (χ2v) is 6.03. The molecule has 1 aliphatic carbocycles. The van der Waals surface area contributed by atoms with Gasteiger partial charge in [0.05, 0.1) is 5.56 Å². The maximum atomic E-state index is 12.3. The van der Waals surface area contributed by atoms with Gasteiger partial charge in [-0.05, 0) is 46.8 Å². The molecule has 0 saturated heterocycles. The summed E-state index contributed by atoms with van der Waals surface area (Å²) >= 11 is 3.43. The maximum absolute atomic E-state index is 12.3. The van der Waals surface area contributed by atoms with Crippen molar-refractivity contribution in [1.29, 1.82) is 0 Å². The molecule has 98 valence electrons. The van der Waals surface area contributed by atoms with Crippen LogP contribution in [0, 0.1) is 5.92 Å². The number of benzene rings is 1. The molecule has 1 saturated carbocycles. The lowest BCUT2D eigenvalue weighted by molar-refractivity contribution is 0.0921. The van der Waals surface area contributed by atoms with Crippen LogP contribution in [0.5, 0.6) is 0 Å². The SMILES string of the molecule is CC1CCCCCC1NC(=O)c1ccccc1Br. The van der Waals surface area contributed by atoms with E-state index < -0.39 is 0 Å². The van der Waals surface area contributed by atoms with Gasteiger partial charge < -0.3 is 5.32 Å². The molecular weight excluding hydrogens is 290 g/mol. The van der Waals surface area contributed by atoms with Gasteiger partial charge in [-0.1, -0.05) is 38.3 Å². The predicted molar refractivity (Wildman–Crippen MR) is 77.6 cm³/mol. The molecule has 2 atom stereocenters. The number of rotatable bonds is 2. The average Bonchev–Trinajstić information content (AvgIpc) is 2.55. The van der Waals surface area contributed by atoms with Gasteiger partial charge in [-0.15, -0.1) is 0 Å². The zero-order valence-corrected chi connectivity index (χ0v) is 12.4. The van der Waals surface area contributed by atoms with Crippen LogP contribution in [0.1, 0.15) is 49.4 Å². The third-order valence-corrected chi connectivity index (χ3v) is 4.49. The Kier molecular flexibility index (Phi) is 4.81. The summed E-state index contributed by atoms with van der Waals surface area (Å²) in [6.07, 6.45) is 6.15. The van der Waals surface area contributed by atoms with E-state index in [4.69, 9.17) is 0 Å². The molecule has 1 aromatic carbocycles. The standard InChI is InChI=1S/C15H20BrNO/c1-11-7-3-2-4-10-14(11)17-15(18)12-8-5-6-9-13(12)16/h5-6,8-9,11,14H,2-4,7,10H2,1H3,(H,17,18). The van der Waals surface area contributed by atoms with Crippen molar-refractivity contribution in [2.75, 3.05) is 0 Å². The molecule has 1 N–H and O–H groups in total. The second-order valence-electron chi connectivity index (χ2n) is 5.18. The third-order valence-electron chi connectivity index (χ3n) is 3.80. The van der Waals surface area contributed by atoms with Gasteiger partial charge in [-0.3, -0.25) is 4.79 Å². The van der Waals surface area contributed by atoms with Crippen LogP contribution in [-0.2, 0) is 0 Å². The molecule has 0 aliphatic heterocycles. The van der Waals surface area contributed by atoms with Crippen LogP contribution in [0.25, 0.3) is 0 Å². The summed E-state index contributed by atoms with van der Waals surface area (Å²) in [5.74, 6) is 0.625. The maximum Gasteiger partial charge on any atom is 0.252 e. The Morgan fingerprint density at radius 2 is 1.94 bits per heavy atom. The Labute approximate surface area is 117 Å². The summed E-state index contributed by atoms with van der Waals surface area (Å²) in [5, 5.41) is 3.20. The van der Waals surface area contributed by atoms with Crippen molar-refractivity contribution in [3.8, 4) is 0 Å². The first-order valence-corrected chi connectivity index (χ1v) is 7.53. The zero-order chi connectivity index (χ0) is 13.0. The smallest absolute Gasteiger partial charge is 0.252 e. The van der Waals surface area contributed by atoms with Crippen LogP contribution in [-0.4, -0.2) is 11.9 Å². The highest BCUT2D eigenvalue weighted by molar-refractivity contribution is 9.10. The number of amides is 1. The first-order chi connectivity index (χ1) is 8.68. The van der Waals surface area contributed by atoms with Crippen molar-refractivity contribution in [1.82, 2.24) is 5.32 Å². The quantitative estimate of drug-likeness (QED) is 0.817. The number of hydrogen-bond acceptors (Lipinski definition) is 1. The molecule has 1 fully saturated rings. The molecule has 0 aromatic heterocycles. The van der Waals surface area contributed by atoms with E-state index in [9.17, 15) is 4.79 Å². The Morgan fingerprint density at radius 1 is 1.22 bits per heavy atom. The minimum absolute atomic E-state index is 0.0428. The molecule has 1 aliphatic rings. The van der Waals surface area contributed by atoms with Crippen molar-refractivity contribution in [3.05, 3.63) is 34.3 Å². The molecule has 2 nitrogen and oxygen atoms in total. The van der Waals surface area contributed by atoms with E-state index in [1.54, 1.807) is 0 Å². The Hall–Kier alpha value is -0.830. The molecule has 0 bridgehead atoms. The van der Waals surface area contributed by atoms with Crippen LogP contribution in [0.4, 0.5) is 0 Å². The Bertz CT molecular complexity index is 419. The highest BCUT2D eigenvalue weighted by Crippen LogP contribution is 2.24. The Balaban J connectivity index is 2.04. The summed E-state index contributed by atoms with van der Waals surface area (Å²) < 4.78 is 0.865. The van der Waals surface area contributed by atoms with E-state index >= 15 is 0 Å². The van der Waals surface area contributed by atoms with Gasteiger partial charge in [-0.2, -0.15) is 0 Å². The van der Waals surface area contributed by atoms with Crippen molar-refractivity contribution in [2.45, 2.75) is 45.1 Å². The number of carbonyl (C=O) groups excluding carboxylic acids is 1. The second kappa shape index (κ2) is 6.37. The highest BCUT2D eigenvalue weighted by Gasteiger charge is 2.22. The molecule has 1 amide bonds. The largest absolute Gasteiger partial charge is 0.349 e.